The highest BCUT2D eigenvalue weighted by atomic mass is 32.1. The van der Waals surface area contributed by atoms with Crippen molar-refractivity contribution < 1.29 is 0 Å². The molecule has 0 saturated carbocycles. The van der Waals surface area contributed by atoms with Gasteiger partial charge in [0.15, 0.2) is 0 Å². The van der Waals surface area contributed by atoms with Crippen LogP contribution in [0.4, 0.5) is 0 Å². The van der Waals surface area contributed by atoms with Crippen LogP contribution in [-0.4, -0.2) is 0 Å². The second kappa shape index (κ2) is 26.2. The lowest BCUT2D eigenvalue weighted by Gasteiger charge is -2.12. The van der Waals surface area contributed by atoms with Crippen molar-refractivity contribution in [3.63, 3.8) is 0 Å². The maximum Gasteiger partial charge on any atom is 0.0434 e. The van der Waals surface area contributed by atoms with Crippen LogP contribution in [0.1, 0.15) is 33.4 Å². The standard InChI is InChI=1S/C35H26S.C34H24S.C33H22S/c1-21-16-23(3)34-32(18-21)33-19-22(2)17-31(35(33)36-34)25-14-12-24(13-15-25)30-20-26-8-4-5-9-27(26)28-10-6-7-11-29(28)30;1-21-11-16-33-31(17-21)32-19-22(2)18-30(34(32)35-33)24-14-12-23(13-15-24)29-20-25-7-3-4-8-26(25)27-9-5-6-10-28(27)29;1-21-8-6-14-29-30-15-7-13-26(33(30)34-32(21)29)22-16-18-23(19-17-22)31-20-24-9-2-3-10-25(24)27-11-4-5-12-28(27)31/h4-20H,1-3H3;3-20H,1-2H3;2-20H,1H3. The van der Waals surface area contributed by atoms with Crippen molar-refractivity contribution >= 4 is 159 Å². The van der Waals surface area contributed by atoms with Crippen LogP contribution >= 0.6 is 34.0 Å². The van der Waals surface area contributed by atoms with E-state index in [1.807, 2.05) is 34.0 Å². The summed E-state index contributed by atoms with van der Waals surface area (Å²) < 4.78 is 8.28. The van der Waals surface area contributed by atoms with E-state index in [-0.39, 0.29) is 0 Å². The molecular formula is C102H72S3. The molecule has 0 aliphatic carbocycles. The minimum Gasteiger partial charge on any atom is -0.135 e. The number of aryl methyl sites for hydroxylation is 6. The smallest absolute Gasteiger partial charge is 0.0434 e. The lowest BCUT2D eigenvalue weighted by atomic mass is 9.92. The molecule has 21 aromatic rings. The Morgan fingerprint density at radius 3 is 0.933 bits per heavy atom. The van der Waals surface area contributed by atoms with E-state index in [2.05, 4.69) is 369 Å². The summed E-state index contributed by atoms with van der Waals surface area (Å²) in [7, 11) is 0. The fourth-order valence-electron chi connectivity index (χ4n) is 16.6. The summed E-state index contributed by atoms with van der Waals surface area (Å²) in [4.78, 5) is 0. The van der Waals surface area contributed by atoms with Crippen molar-refractivity contribution in [2.45, 2.75) is 41.5 Å². The van der Waals surface area contributed by atoms with E-state index in [0.717, 1.165) is 0 Å². The van der Waals surface area contributed by atoms with Gasteiger partial charge in [0.1, 0.15) is 0 Å². The first-order valence-electron chi connectivity index (χ1n) is 36.3. The summed E-state index contributed by atoms with van der Waals surface area (Å²) in [5.41, 5.74) is 23.4. The molecule has 0 spiro atoms. The number of thiophene rings is 3. The van der Waals surface area contributed by atoms with Crippen LogP contribution in [0.2, 0.25) is 0 Å². The van der Waals surface area contributed by atoms with Gasteiger partial charge in [0.05, 0.1) is 0 Å². The molecule has 0 saturated heterocycles. The van der Waals surface area contributed by atoms with Crippen LogP contribution in [0.15, 0.2) is 328 Å². The third-order valence-corrected chi connectivity index (χ3v) is 25.6. The lowest BCUT2D eigenvalue weighted by Crippen LogP contribution is -1.86. The summed E-state index contributed by atoms with van der Waals surface area (Å²) in [6.45, 7) is 13.2. The summed E-state index contributed by atoms with van der Waals surface area (Å²) >= 11 is 5.75. The van der Waals surface area contributed by atoms with Gasteiger partial charge in [-0.1, -0.05) is 278 Å². The first kappa shape index (κ1) is 64.1. The summed E-state index contributed by atoms with van der Waals surface area (Å²) in [6.07, 6.45) is 0. The zero-order valence-corrected chi connectivity index (χ0v) is 61.9. The van der Waals surface area contributed by atoms with Gasteiger partial charge in [0.25, 0.3) is 0 Å². The quantitative estimate of drug-likeness (QED) is 0.146. The van der Waals surface area contributed by atoms with Gasteiger partial charge >= 0.3 is 0 Å². The summed E-state index contributed by atoms with van der Waals surface area (Å²) in [5, 5.41) is 23.8. The van der Waals surface area contributed by atoms with E-state index < -0.39 is 0 Å². The molecule has 0 nitrogen and oxygen atoms in total. The lowest BCUT2D eigenvalue weighted by molar-refractivity contribution is 1.44. The van der Waals surface area contributed by atoms with Crippen molar-refractivity contribution in [1.29, 1.82) is 0 Å². The second-order valence-corrected chi connectivity index (χ2v) is 31.7. The Morgan fingerprint density at radius 2 is 0.476 bits per heavy atom. The Kier molecular flexibility index (Phi) is 16.0. The predicted octanol–water partition coefficient (Wildman–Crippen LogP) is 30.9. The van der Waals surface area contributed by atoms with Crippen LogP contribution in [-0.2, 0) is 0 Å². The van der Waals surface area contributed by atoms with Crippen LogP contribution < -0.4 is 0 Å². The van der Waals surface area contributed by atoms with Gasteiger partial charge in [-0.25, -0.2) is 0 Å². The highest BCUT2D eigenvalue weighted by molar-refractivity contribution is 7.27. The van der Waals surface area contributed by atoms with Gasteiger partial charge in [-0.05, 0) is 256 Å². The monoisotopic (exact) mass is 1390 g/mol. The molecule has 0 fully saturated rings. The van der Waals surface area contributed by atoms with Crippen LogP contribution in [0, 0.1) is 41.5 Å². The average Bonchev–Trinajstić information content (AvgIpc) is 1.41. The SMILES string of the molecule is Cc1cc(C)c2sc3c(-c4ccc(-c5cc6ccccc6c6ccccc56)cc4)cc(C)cc3c2c1.Cc1ccc2sc3c(-c4ccc(-c5cc6ccccc6c6ccccc56)cc4)cc(C)cc3c2c1.Cc1cccc2c1sc1c(-c3ccc(-c4cc5ccccc5c5ccccc45)cc3)cccc12. The Labute approximate surface area is 623 Å². The highest BCUT2D eigenvalue weighted by Gasteiger charge is 2.19. The van der Waals surface area contributed by atoms with E-state index in [0.29, 0.717) is 0 Å². The zero-order chi connectivity index (χ0) is 70.6. The second-order valence-electron chi connectivity index (χ2n) is 28.6. The third-order valence-electron chi connectivity index (χ3n) is 21.6. The van der Waals surface area contributed by atoms with Gasteiger partial charge in [-0.3, -0.25) is 0 Å². The molecule has 0 radical (unpaired) electrons. The predicted molar refractivity (Wildman–Crippen MR) is 464 cm³/mol. The van der Waals surface area contributed by atoms with Crippen molar-refractivity contribution in [3.05, 3.63) is 361 Å². The van der Waals surface area contributed by atoms with E-state index in [4.69, 9.17) is 0 Å². The van der Waals surface area contributed by atoms with Gasteiger partial charge in [0.2, 0.25) is 0 Å². The highest BCUT2D eigenvalue weighted by Crippen LogP contribution is 2.47. The van der Waals surface area contributed by atoms with Crippen molar-refractivity contribution in [2.75, 3.05) is 0 Å². The van der Waals surface area contributed by atoms with E-state index >= 15 is 0 Å². The molecule has 18 aromatic carbocycles. The number of hydrogen-bond donors (Lipinski definition) is 0. The number of fused-ring (bicyclic) bond motifs is 18. The Bertz CT molecular complexity index is 7060. The molecule has 0 amide bonds. The summed E-state index contributed by atoms with van der Waals surface area (Å²) in [6, 6.07) is 121. The van der Waals surface area contributed by atoms with Crippen LogP contribution in [0.25, 0.3) is 192 Å². The Hall–Kier alpha value is -11.8. The molecule has 0 unspecified atom stereocenters. The van der Waals surface area contributed by atoms with Gasteiger partial charge in [0, 0.05) is 60.5 Å². The molecule has 3 aromatic heterocycles. The fraction of sp³-hybridized carbons (Fsp3) is 0.0588. The first-order chi connectivity index (χ1) is 51.5. The molecule has 0 N–H and O–H groups in total. The molecule has 498 valence electrons. The maximum atomic E-state index is 2.35. The van der Waals surface area contributed by atoms with Crippen molar-refractivity contribution in [2.24, 2.45) is 0 Å². The molecule has 0 atom stereocenters. The van der Waals surface area contributed by atoms with Gasteiger partial charge in [-0.15, -0.1) is 34.0 Å². The Balaban J connectivity index is 0.000000108. The van der Waals surface area contributed by atoms with E-state index in [1.54, 1.807) is 0 Å². The van der Waals surface area contributed by atoms with E-state index in [1.165, 1.54) is 225 Å². The molecule has 105 heavy (non-hydrogen) atoms. The number of benzene rings is 18. The molecule has 0 bridgehead atoms. The van der Waals surface area contributed by atoms with E-state index in [9.17, 15) is 0 Å². The van der Waals surface area contributed by atoms with Crippen LogP contribution in [0.5, 0.6) is 0 Å². The fourth-order valence-corrected chi connectivity index (χ4v) is 20.4. The minimum atomic E-state index is 1.25. The molecule has 21 rings (SSSR count). The van der Waals surface area contributed by atoms with Crippen molar-refractivity contribution in [3.8, 4) is 66.8 Å². The molecular weight excluding hydrogens is 1320 g/mol. The summed E-state index contributed by atoms with van der Waals surface area (Å²) in [5.74, 6) is 0. The molecule has 3 heteroatoms. The van der Waals surface area contributed by atoms with Crippen LogP contribution in [0.3, 0.4) is 0 Å². The minimum absolute atomic E-state index is 1.25. The first-order valence-corrected chi connectivity index (χ1v) is 38.8. The molecule has 3 heterocycles. The molecule has 0 aliphatic rings. The Morgan fingerprint density at radius 1 is 0.162 bits per heavy atom. The normalized spacial score (nSPS) is 11.7. The zero-order valence-electron chi connectivity index (χ0n) is 59.4. The largest absolute Gasteiger partial charge is 0.135 e. The number of rotatable bonds is 6. The maximum absolute atomic E-state index is 2.35. The van der Waals surface area contributed by atoms with Crippen molar-refractivity contribution in [1.82, 2.24) is 0 Å². The van der Waals surface area contributed by atoms with Gasteiger partial charge < -0.3 is 0 Å². The third kappa shape index (κ3) is 11.3. The average molecular weight is 1390 g/mol. The van der Waals surface area contributed by atoms with Gasteiger partial charge in [-0.2, -0.15) is 0 Å². The number of hydrogen-bond acceptors (Lipinski definition) is 3. The molecule has 0 aliphatic heterocycles. The topological polar surface area (TPSA) is 0 Å².